The van der Waals surface area contributed by atoms with E-state index in [1.165, 1.54) is 22.3 Å². The quantitative estimate of drug-likeness (QED) is 0.684. The third kappa shape index (κ3) is 4.15. The van der Waals surface area contributed by atoms with Gasteiger partial charge < -0.3 is 13.3 Å². The first kappa shape index (κ1) is 17.4. The molecule has 0 spiro atoms. The van der Waals surface area contributed by atoms with Gasteiger partial charge in [-0.05, 0) is 63.8 Å². The maximum atomic E-state index is 5.93. The Hall–Kier alpha value is -0.683. The summed E-state index contributed by atoms with van der Waals surface area (Å²) in [6, 6.07) is 5.09. The summed E-state index contributed by atoms with van der Waals surface area (Å²) in [4.78, 5) is 0. The molecule has 0 aliphatic heterocycles. The Labute approximate surface area is 124 Å². The molecule has 0 aliphatic rings. The van der Waals surface area contributed by atoms with Crippen molar-refractivity contribution in [3.8, 4) is 0 Å². The van der Waals surface area contributed by atoms with Crippen molar-refractivity contribution in [2.45, 2.75) is 47.6 Å². The van der Waals surface area contributed by atoms with Gasteiger partial charge in [-0.15, -0.1) is 0 Å². The van der Waals surface area contributed by atoms with E-state index in [1.807, 2.05) is 20.8 Å². The van der Waals surface area contributed by atoms with Crippen molar-refractivity contribution in [3.05, 3.63) is 34.4 Å². The topological polar surface area (TPSA) is 27.7 Å². The monoisotopic (exact) mass is 296 g/mol. The van der Waals surface area contributed by atoms with Crippen LogP contribution in [0.2, 0.25) is 0 Å². The average Bonchev–Trinajstić information content (AvgIpc) is 2.41. The van der Waals surface area contributed by atoms with Gasteiger partial charge in [0.25, 0.3) is 0 Å². The summed E-state index contributed by atoms with van der Waals surface area (Å²) in [6.45, 7) is 14.3. The molecule has 0 unspecified atom stereocenters. The second-order valence-corrected chi connectivity index (χ2v) is 7.54. The first-order chi connectivity index (χ1) is 9.49. The molecule has 0 fully saturated rings. The van der Waals surface area contributed by atoms with Crippen molar-refractivity contribution in [2.75, 3.05) is 19.8 Å². The lowest BCUT2D eigenvalue weighted by molar-refractivity contribution is 0.0703. The van der Waals surface area contributed by atoms with Gasteiger partial charge in [0.1, 0.15) is 0 Å². The molecule has 0 bridgehead atoms. The van der Waals surface area contributed by atoms with Gasteiger partial charge in [0.05, 0.1) is 0 Å². The normalized spacial score (nSPS) is 11.9. The fraction of sp³-hybridized carbons (Fsp3) is 0.625. The first-order valence-corrected chi connectivity index (χ1v) is 9.40. The Morgan fingerprint density at radius 1 is 0.800 bits per heavy atom. The molecule has 0 saturated carbocycles. The maximum Gasteiger partial charge on any atom is 0.505 e. The van der Waals surface area contributed by atoms with Gasteiger partial charge >= 0.3 is 8.80 Å². The minimum Gasteiger partial charge on any atom is -0.374 e. The predicted octanol–water partition coefficient (Wildman–Crippen LogP) is 3.74. The Morgan fingerprint density at radius 3 is 1.75 bits per heavy atom. The predicted molar refractivity (Wildman–Crippen MR) is 85.0 cm³/mol. The van der Waals surface area contributed by atoms with E-state index in [0.29, 0.717) is 19.8 Å². The van der Waals surface area contributed by atoms with Crippen molar-refractivity contribution in [1.29, 1.82) is 0 Å². The largest absolute Gasteiger partial charge is 0.505 e. The van der Waals surface area contributed by atoms with Crippen LogP contribution in [-0.2, 0) is 19.3 Å². The molecule has 0 amide bonds. The molecule has 0 aliphatic carbocycles. The van der Waals surface area contributed by atoms with Gasteiger partial charge in [-0.2, -0.15) is 0 Å². The molecular weight excluding hydrogens is 268 g/mol. The Bertz CT molecular complexity index is 415. The summed E-state index contributed by atoms with van der Waals surface area (Å²) in [7, 11) is -2.61. The lowest BCUT2D eigenvalue weighted by Crippen LogP contribution is -2.48. The van der Waals surface area contributed by atoms with Crippen molar-refractivity contribution in [1.82, 2.24) is 0 Å². The van der Waals surface area contributed by atoms with E-state index < -0.39 is 8.80 Å². The molecule has 1 rings (SSSR count). The third-order valence-corrected chi connectivity index (χ3v) is 6.67. The number of aryl methyl sites for hydroxylation is 1. The van der Waals surface area contributed by atoms with Crippen LogP contribution in [0.4, 0.5) is 0 Å². The van der Waals surface area contributed by atoms with Crippen molar-refractivity contribution < 1.29 is 13.3 Å². The molecule has 3 nitrogen and oxygen atoms in total. The SMILES string of the molecule is CCO[Si](Cc1ccc(C)c(C)c1C)(OCC)OCC. The van der Waals surface area contributed by atoms with E-state index in [4.69, 9.17) is 13.3 Å². The highest BCUT2D eigenvalue weighted by molar-refractivity contribution is 6.60. The molecule has 20 heavy (non-hydrogen) atoms. The molecule has 1 aromatic rings. The fourth-order valence-electron chi connectivity index (χ4n) is 2.37. The molecule has 0 atom stereocenters. The number of rotatable bonds is 8. The van der Waals surface area contributed by atoms with E-state index >= 15 is 0 Å². The van der Waals surface area contributed by atoms with Crippen molar-refractivity contribution >= 4 is 8.80 Å². The van der Waals surface area contributed by atoms with Crippen LogP contribution in [0.3, 0.4) is 0 Å². The second kappa shape index (κ2) is 7.93. The van der Waals surface area contributed by atoms with Gasteiger partial charge in [-0.25, -0.2) is 0 Å². The molecule has 0 N–H and O–H groups in total. The van der Waals surface area contributed by atoms with Gasteiger partial charge in [-0.3, -0.25) is 0 Å². The maximum absolute atomic E-state index is 5.93. The van der Waals surface area contributed by atoms with Gasteiger partial charge in [0.2, 0.25) is 0 Å². The Morgan fingerprint density at radius 2 is 1.30 bits per heavy atom. The zero-order valence-electron chi connectivity index (χ0n) is 13.7. The van der Waals surface area contributed by atoms with Gasteiger partial charge in [-0.1, -0.05) is 12.1 Å². The molecule has 4 heteroatoms. The van der Waals surface area contributed by atoms with Crippen LogP contribution in [0.25, 0.3) is 0 Å². The highest BCUT2D eigenvalue weighted by atomic mass is 28.4. The van der Waals surface area contributed by atoms with Crippen LogP contribution < -0.4 is 0 Å². The molecular formula is C16H28O3Si. The van der Waals surface area contributed by atoms with Crippen LogP contribution in [0.15, 0.2) is 12.1 Å². The van der Waals surface area contributed by atoms with Crippen LogP contribution in [0.5, 0.6) is 0 Å². The van der Waals surface area contributed by atoms with Gasteiger partial charge in [0, 0.05) is 25.9 Å². The van der Waals surface area contributed by atoms with E-state index in [9.17, 15) is 0 Å². The standard InChI is InChI=1S/C16H28O3Si/c1-7-17-20(18-8-2,19-9-3)12-16-11-10-13(4)14(5)15(16)6/h10-11H,7-9,12H2,1-6H3. The lowest BCUT2D eigenvalue weighted by Gasteiger charge is -2.29. The molecule has 1 aromatic carbocycles. The summed E-state index contributed by atoms with van der Waals surface area (Å²) < 4.78 is 17.8. The van der Waals surface area contributed by atoms with Gasteiger partial charge in [0.15, 0.2) is 0 Å². The minimum absolute atomic E-state index is 0.621. The minimum atomic E-state index is -2.61. The highest BCUT2D eigenvalue weighted by Crippen LogP contribution is 2.23. The van der Waals surface area contributed by atoms with E-state index in [1.54, 1.807) is 0 Å². The van der Waals surface area contributed by atoms with Crippen LogP contribution in [-0.4, -0.2) is 28.6 Å². The van der Waals surface area contributed by atoms with Crippen molar-refractivity contribution in [2.24, 2.45) is 0 Å². The van der Waals surface area contributed by atoms with Crippen LogP contribution in [0.1, 0.15) is 43.0 Å². The number of benzene rings is 1. The Kier molecular flexibility index (Phi) is 6.89. The van der Waals surface area contributed by atoms with Crippen LogP contribution in [0, 0.1) is 20.8 Å². The summed E-state index contributed by atoms with van der Waals surface area (Å²) >= 11 is 0. The van der Waals surface area contributed by atoms with Crippen molar-refractivity contribution in [3.63, 3.8) is 0 Å². The number of hydrogen-bond donors (Lipinski definition) is 0. The first-order valence-electron chi connectivity index (χ1n) is 7.47. The molecule has 0 aromatic heterocycles. The summed E-state index contributed by atoms with van der Waals surface area (Å²) in [5.74, 6) is 0. The average molecular weight is 296 g/mol. The molecule has 0 heterocycles. The molecule has 114 valence electrons. The summed E-state index contributed by atoms with van der Waals surface area (Å²) in [6.07, 6.45) is 0. The zero-order valence-corrected chi connectivity index (χ0v) is 14.7. The lowest BCUT2D eigenvalue weighted by atomic mass is 10.00. The van der Waals surface area contributed by atoms with E-state index in [0.717, 1.165) is 6.04 Å². The third-order valence-electron chi connectivity index (χ3n) is 3.67. The Balaban J connectivity index is 3.08. The van der Waals surface area contributed by atoms with E-state index in [-0.39, 0.29) is 0 Å². The second-order valence-electron chi connectivity index (χ2n) is 4.95. The zero-order chi connectivity index (χ0) is 15.2. The van der Waals surface area contributed by atoms with E-state index in [2.05, 4.69) is 32.9 Å². The number of hydrogen-bond acceptors (Lipinski definition) is 3. The highest BCUT2D eigenvalue weighted by Gasteiger charge is 2.41. The molecule has 0 radical (unpaired) electrons. The summed E-state index contributed by atoms with van der Waals surface area (Å²) in [5, 5.41) is 0. The fourth-order valence-corrected chi connectivity index (χ4v) is 5.10. The van der Waals surface area contributed by atoms with Crippen LogP contribution >= 0.6 is 0 Å². The molecule has 0 saturated heterocycles. The smallest absolute Gasteiger partial charge is 0.374 e. The summed E-state index contributed by atoms with van der Waals surface area (Å²) in [5.41, 5.74) is 5.26.